The summed E-state index contributed by atoms with van der Waals surface area (Å²) in [6.45, 7) is 6.47. The van der Waals surface area contributed by atoms with Crippen molar-refractivity contribution in [1.29, 1.82) is 0 Å². The first-order valence-electron chi connectivity index (χ1n) is 7.31. The molecule has 0 bridgehead atoms. The molecule has 1 heterocycles. The van der Waals surface area contributed by atoms with E-state index in [4.69, 9.17) is 9.47 Å². The highest BCUT2D eigenvalue weighted by atomic mass is 16.5. The van der Waals surface area contributed by atoms with E-state index in [1.165, 1.54) is 5.56 Å². The molecule has 1 aliphatic heterocycles. The molecule has 0 fully saturated rings. The molecule has 0 radical (unpaired) electrons. The number of nitrogens with zero attached hydrogens (tertiary/aromatic N) is 1. The molecule has 1 atom stereocenters. The first-order valence-corrected chi connectivity index (χ1v) is 7.31. The van der Waals surface area contributed by atoms with Crippen LogP contribution in [0.1, 0.15) is 36.9 Å². The second-order valence-electron chi connectivity index (χ2n) is 5.14. The van der Waals surface area contributed by atoms with Crippen molar-refractivity contribution in [2.45, 2.75) is 32.2 Å². The van der Waals surface area contributed by atoms with E-state index in [1.807, 2.05) is 30.0 Å². The van der Waals surface area contributed by atoms with Crippen LogP contribution in [0.25, 0.3) is 0 Å². The number of rotatable bonds is 5. The largest absolute Gasteiger partial charge is 0.493 e. The number of amides is 1. The molecule has 1 aliphatic rings. The van der Waals surface area contributed by atoms with Crippen LogP contribution >= 0.6 is 0 Å². The number of carbonyl (C=O) groups is 1. The van der Waals surface area contributed by atoms with Crippen LogP contribution in [0, 0.1) is 0 Å². The summed E-state index contributed by atoms with van der Waals surface area (Å²) < 4.78 is 10.8. The topological polar surface area (TPSA) is 38.8 Å². The zero-order valence-electron chi connectivity index (χ0n) is 13.0. The summed E-state index contributed by atoms with van der Waals surface area (Å²) in [7, 11) is 3.27. The molecular weight excluding hydrogens is 266 g/mol. The van der Waals surface area contributed by atoms with Gasteiger partial charge in [0.1, 0.15) is 0 Å². The summed E-state index contributed by atoms with van der Waals surface area (Å²) in [6.07, 6.45) is 3.98. The quantitative estimate of drug-likeness (QED) is 0.782. The monoisotopic (exact) mass is 289 g/mol. The van der Waals surface area contributed by atoms with Crippen molar-refractivity contribution >= 4 is 5.91 Å². The van der Waals surface area contributed by atoms with Crippen LogP contribution in [0.15, 0.2) is 24.8 Å². The Morgan fingerprint density at radius 3 is 2.62 bits per heavy atom. The zero-order chi connectivity index (χ0) is 15.4. The Hall–Kier alpha value is -1.97. The second kappa shape index (κ2) is 6.66. The fourth-order valence-corrected chi connectivity index (χ4v) is 2.94. The van der Waals surface area contributed by atoms with Crippen molar-refractivity contribution in [1.82, 2.24) is 4.90 Å². The fourth-order valence-electron chi connectivity index (χ4n) is 2.94. The molecular formula is C17H23NO3. The van der Waals surface area contributed by atoms with Gasteiger partial charge in [0.25, 0.3) is 0 Å². The Morgan fingerprint density at radius 1 is 1.38 bits per heavy atom. The highest BCUT2D eigenvalue weighted by molar-refractivity contribution is 5.77. The highest BCUT2D eigenvalue weighted by Gasteiger charge is 2.30. The first-order chi connectivity index (χ1) is 10.2. The molecule has 2 rings (SSSR count). The minimum absolute atomic E-state index is 0.0403. The average molecular weight is 289 g/mol. The Bertz CT molecular complexity index is 539. The second-order valence-corrected chi connectivity index (χ2v) is 5.14. The summed E-state index contributed by atoms with van der Waals surface area (Å²) in [4.78, 5) is 14.1. The highest BCUT2D eigenvalue weighted by Crippen LogP contribution is 2.39. The van der Waals surface area contributed by atoms with Gasteiger partial charge in [0.05, 0.1) is 20.3 Å². The smallest absolute Gasteiger partial charge is 0.222 e. The van der Waals surface area contributed by atoms with Crippen molar-refractivity contribution in [2.75, 3.05) is 20.8 Å². The maximum Gasteiger partial charge on any atom is 0.222 e. The van der Waals surface area contributed by atoms with Crippen LogP contribution in [0.5, 0.6) is 11.5 Å². The van der Waals surface area contributed by atoms with E-state index in [0.29, 0.717) is 12.2 Å². The molecule has 0 unspecified atom stereocenters. The molecule has 1 amide bonds. The summed E-state index contributed by atoms with van der Waals surface area (Å²) in [6, 6.07) is 4.06. The minimum atomic E-state index is 0.0403. The molecule has 4 nitrogen and oxygen atoms in total. The summed E-state index contributed by atoms with van der Waals surface area (Å²) >= 11 is 0. The first kappa shape index (κ1) is 15.4. The van der Waals surface area contributed by atoms with Gasteiger partial charge in [-0.15, -0.1) is 6.58 Å². The molecule has 0 spiro atoms. The minimum Gasteiger partial charge on any atom is -0.493 e. The summed E-state index contributed by atoms with van der Waals surface area (Å²) in [5, 5.41) is 0. The van der Waals surface area contributed by atoms with E-state index < -0.39 is 0 Å². The standard InChI is InChI=1S/C17H23NO3/c1-5-7-14-13-11-16(21-4)15(20-3)10-12(13)8-9-18(14)17(19)6-2/h5,10-11,14H,1,6-9H2,2-4H3/t14-/m0/s1. The van der Waals surface area contributed by atoms with Crippen LogP contribution in [-0.2, 0) is 11.2 Å². The molecule has 4 heteroatoms. The molecule has 1 aromatic rings. The Kier molecular flexibility index (Phi) is 4.89. The molecule has 0 saturated heterocycles. The third kappa shape index (κ3) is 2.89. The fraction of sp³-hybridized carbons (Fsp3) is 0.471. The average Bonchev–Trinajstić information content (AvgIpc) is 2.53. The lowest BCUT2D eigenvalue weighted by atomic mass is 9.89. The van der Waals surface area contributed by atoms with Crippen molar-refractivity contribution < 1.29 is 14.3 Å². The van der Waals surface area contributed by atoms with Gasteiger partial charge in [-0.1, -0.05) is 13.0 Å². The number of ether oxygens (including phenoxy) is 2. The van der Waals surface area contributed by atoms with E-state index in [0.717, 1.165) is 30.7 Å². The number of hydrogen-bond acceptors (Lipinski definition) is 3. The van der Waals surface area contributed by atoms with Gasteiger partial charge in [-0.25, -0.2) is 0 Å². The molecule has 21 heavy (non-hydrogen) atoms. The number of methoxy groups -OCH3 is 2. The van der Waals surface area contributed by atoms with E-state index >= 15 is 0 Å². The maximum absolute atomic E-state index is 12.2. The SMILES string of the molecule is C=CC[C@H]1c2cc(OC)c(OC)cc2CCN1C(=O)CC. The predicted molar refractivity (Wildman–Crippen MR) is 82.8 cm³/mol. The van der Waals surface area contributed by atoms with Gasteiger partial charge in [-0.3, -0.25) is 4.79 Å². The molecule has 0 N–H and O–H groups in total. The van der Waals surface area contributed by atoms with Crippen molar-refractivity contribution in [3.05, 3.63) is 35.9 Å². The van der Waals surface area contributed by atoms with Crippen LogP contribution in [-0.4, -0.2) is 31.6 Å². The number of hydrogen-bond donors (Lipinski definition) is 0. The Labute approximate surface area is 126 Å². The summed E-state index contributed by atoms with van der Waals surface area (Å²) in [5.41, 5.74) is 2.36. The van der Waals surface area contributed by atoms with E-state index in [9.17, 15) is 4.79 Å². The lowest BCUT2D eigenvalue weighted by Crippen LogP contribution is -2.39. The van der Waals surface area contributed by atoms with Gasteiger partial charge in [0.2, 0.25) is 5.91 Å². The van der Waals surface area contributed by atoms with Gasteiger partial charge >= 0.3 is 0 Å². The number of benzene rings is 1. The maximum atomic E-state index is 12.2. The number of carbonyl (C=O) groups excluding carboxylic acids is 1. The van der Waals surface area contributed by atoms with Gasteiger partial charge < -0.3 is 14.4 Å². The van der Waals surface area contributed by atoms with E-state index in [-0.39, 0.29) is 11.9 Å². The zero-order valence-corrected chi connectivity index (χ0v) is 13.0. The Morgan fingerprint density at radius 2 is 2.05 bits per heavy atom. The van der Waals surface area contributed by atoms with Gasteiger partial charge in [0.15, 0.2) is 11.5 Å². The van der Waals surface area contributed by atoms with Crippen molar-refractivity contribution in [3.63, 3.8) is 0 Å². The van der Waals surface area contributed by atoms with Crippen LogP contribution < -0.4 is 9.47 Å². The van der Waals surface area contributed by atoms with Crippen molar-refractivity contribution in [2.24, 2.45) is 0 Å². The number of fused-ring (bicyclic) bond motifs is 1. The van der Waals surface area contributed by atoms with Gasteiger partial charge in [-0.05, 0) is 36.1 Å². The van der Waals surface area contributed by atoms with Crippen molar-refractivity contribution in [3.8, 4) is 11.5 Å². The third-order valence-corrected chi connectivity index (χ3v) is 4.02. The van der Waals surface area contributed by atoms with E-state index in [1.54, 1.807) is 14.2 Å². The lowest BCUT2D eigenvalue weighted by molar-refractivity contribution is -0.133. The molecule has 0 aromatic heterocycles. The predicted octanol–water partition coefficient (Wildman–Crippen LogP) is 3.12. The summed E-state index contributed by atoms with van der Waals surface area (Å²) in [5.74, 6) is 1.63. The molecule has 0 saturated carbocycles. The van der Waals surface area contributed by atoms with Gasteiger partial charge in [0, 0.05) is 13.0 Å². The van der Waals surface area contributed by atoms with Crippen LogP contribution in [0.3, 0.4) is 0 Å². The van der Waals surface area contributed by atoms with Gasteiger partial charge in [-0.2, -0.15) is 0 Å². The van der Waals surface area contributed by atoms with Crippen LogP contribution in [0.2, 0.25) is 0 Å². The van der Waals surface area contributed by atoms with E-state index in [2.05, 4.69) is 6.58 Å². The Balaban J connectivity index is 2.47. The lowest BCUT2D eigenvalue weighted by Gasteiger charge is -2.37. The molecule has 114 valence electrons. The normalized spacial score (nSPS) is 17.1. The van der Waals surface area contributed by atoms with Crippen LogP contribution in [0.4, 0.5) is 0 Å². The third-order valence-electron chi connectivity index (χ3n) is 4.02. The molecule has 0 aliphatic carbocycles. The molecule has 1 aromatic carbocycles.